The Bertz CT molecular complexity index is 391. The molecule has 0 spiro atoms. The molecule has 0 bridgehead atoms. The topological polar surface area (TPSA) is 65.2 Å². The van der Waals surface area contributed by atoms with E-state index in [0.29, 0.717) is 11.8 Å². The Morgan fingerprint density at radius 1 is 1.33 bits per heavy atom. The SMILES string of the molecule is COC(=O)c1nnc(C2CC3CC3C2)o1. The van der Waals surface area contributed by atoms with Crippen LogP contribution >= 0.6 is 0 Å². The number of nitrogens with zero attached hydrogens (tertiary/aromatic N) is 2. The molecule has 80 valence electrons. The van der Waals surface area contributed by atoms with Crippen LogP contribution in [-0.4, -0.2) is 23.3 Å². The van der Waals surface area contributed by atoms with Gasteiger partial charge in [-0.1, -0.05) is 0 Å². The minimum atomic E-state index is -0.558. The minimum absolute atomic E-state index is 0.0342. The molecule has 2 fully saturated rings. The average molecular weight is 208 g/mol. The molecule has 0 aliphatic heterocycles. The largest absolute Gasteiger partial charge is 0.462 e. The van der Waals surface area contributed by atoms with Gasteiger partial charge in [0.2, 0.25) is 5.89 Å². The van der Waals surface area contributed by atoms with Gasteiger partial charge in [0.05, 0.1) is 7.11 Å². The van der Waals surface area contributed by atoms with Crippen molar-refractivity contribution in [2.45, 2.75) is 25.2 Å². The first-order valence-electron chi connectivity index (χ1n) is 5.19. The van der Waals surface area contributed by atoms with E-state index in [1.54, 1.807) is 0 Å². The molecule has 0 N–H and O–H groups in total. The molecule has 1 heterocycles. The molecule has 1 aromatic rings. The number of fused-ring (bicyclic) bond motifs is 1. The molecular formula is C10H12N2O3. The number of carbonyl (C=O) groups is 1. The van der Waals surface area contributed by atoms with E-state index in [1.165, 1.54) is 13.5 Å². The molecule has 2 saturated carbocycles. The van der Waals surface area contributed by atoms with Gasteiger partial charge in [-0.2, -0.15) is 0 Å². The Kier molecular flexibility index (Phi) is 1.81. The summed E-state index contributed by atoms with van der Waals surface area (Å²) in [5, 5.41) is 7.58. The van der Waals surface area contributed by atoms with E-state index in [2.05, 4.69) is 14.9 Å². The summed E-state index contributed by atoms with van der Waals surface area (Å²) in [5.41, 5.74) is 0. The van der Waals surface area contributed by atoms with Crippen LogP contribution in [0.25, 0.3) is 0 Å². The summed E-state index contributed by atoms with van der Waals surface area (Å²) in [6, 6.07) is 0. The van der Waals surface area contributed by atoms with Crippen molar-refractivity contribution in [3.05, 3.63) is 11.8 Å². The van der Waals surface area contributed by atoms with E-state index in [1.807, 2.05) is 0 Å². The molecule has 5 heteroatoms. The Balaban J connectivity index is 1.75. The fourth-order valence-corrected chi connectivity index (χ4v) is 2.49. The first-order chi connectivity index (χ1) is 7.28. The van der Waals surface area contributed by atoms with E-state index in [0.717, 1.165) is 24.7 Å². The highest BCUT2D eigenvalue weighted by Gasteiger charge is 2.47. The van der Waals surface area contributed by atoms with Crippen molar-refractivity contribution in [3.8, 4) is 0 Å². The lowest BCUT2D eigenvalue weighted by atomic mass is 10.0. The van der Waals surface area contributed by atoms with E-state index in [4.69, 9.17) is 4.42 Å². The summed E-state index contributed by atoms with van der Waals surface area (Å²) in [7, 11) is 1.30. The zero-order valence-corrected chi connectivity index (χ0v) is 8.47. The molecule has 1 aromatic heterocycles. The van der Waals surface area contributed by atoms with Gasteiger partial charge < -0.3 is 9.15 Å². The van der Waals surface area contributed by atoms with Gasteiger partial charge in [-0.3, -0.25) is 0 Å². The van der Waals surface area contributed by atoms with Crippen molar-refractivity contribution in [2.75, 3.05) is 7.11 Å². The van der Waals surface area contributed by atoms with Gasteiger partial charge >= 0.3 is 11.9 Å². The van der Waals surface area contributed by atoms with Crippen LogP contribution in [0.1, 0.15) is 41.8 Å². The maximum atomic E-state index is 11.1. The van der Waals surface area contributed by atoms with Gasteiger partial charge in [-0.05, 0) is 31.1 Å². The normalized spacial score (nSPS) is 32.5. The number of hydrogen-bond donors (Lipinski definition) is 0. The van der Waals surface area contributed by atoms with Crippen LogP contribution in [0.3, 0.4) is 0 Å². The van der Waals surface area contributed by atoms with Crippen LogP contribution in [0.2, 0.25) is 0 Å². The fourth-order valence-electron chi connectivity index (χ4n) is 2.49. The second-order valence-electron chi connectivity index (χ2n) is 4.36. The number of ether oxygens (including phenoxy) is 1. The third-order valence-corrected chi connectivity index (χ3v) is 3.39. The molecular weight excluding hydrogens is 196 g/mol. The summed E-state index contributed by atoms with van der Waals surface area (Å²) in [6.07, 6.45) is 3.62. The molecule has 2 atom stereocenters. The van der Waals surface area contributed by atoms with Crippen molar-refractivity contribution in [1.29, 1.82) is 0 Å². The number of methoxy groups -OCH3 is 1. The van der Waals surface area contributed by atoms with Crippen molar-refractivity contribution < 1.29 is 13.9 Å². The number of hydrogen-bond acceptors (Lipinski definition) is 5. The molecule has 2 unspecified atom stereocenters. The molecule has 3 rings (SSSR count). The maximum absolute atomic E-state index is 11.1. The standard InChI is InChI=1S/C10H12N2O3/c1-14-10(13)9-12-11-8(15-9)7-3-5-2-6(5)4-7/h5-7H,2-4H2,1H3. The zero-order chi connectivity index (χ0) is 10.4. The Morgan fingerprint density at radius 2 is 2.07 bits per heavy atom. The molecule has 0 radical (unpaired) electrons. The Morgan fingerprint density at radius 3 is 2.73 bits per heavy atom. The van der Waals surface area contributed by atoms with Crippen LogP contribution < -0.4 is 0 Å². The van der Waals surface area contributed by atoms with Crippen LogP contribution in [0.15, 0.2) is 4.42 Å². The summed E-state index contributed by atoms with van der Waals surface area (Å²) < 4.78 is 9.80. The molecule has 0 saturated heterocycles. The summed E-state index contributed by atoms with van der Waals surface area (Å²) in [6.45, 7) is 0. The molecule has 15 heavy (non-hydrogen) atoms. The molecule has 0 aromatic carbocycles. The van der Waals surface area contributed by atoms with E-state index >= 15 is 0 Å². The number of aromatic nitrogens is 2. The van der Waals surface area contributed by atoms with Crippen LogP contribution in [0, 0.1) is 11.8 Å². The van der Waals surface area contributed by atoms with Crippen molar-refractivity contribution in [3.63, 3.8) is 0 Å². The first kappa shape index (κ1) is 8.88. The fraction of sp³-hybridized carbons (Fsp3) is 0.700. The lowest BCUT2D eigenvalue weighted by Gasteiger charge is -2.04. The lowest BCUT2D eigenvalue weighted by molar-refractivity contribution is 0.0553. The maximum Gasteiger partial charge on any atom is 0.396 e. The van der Waals surface area contributed by atoms with Crippen molar-refractivity contribution in [1.82, 2.24) is 10.2 Å². The summed E-state index contributed by atoms with van der Waals surface area (Å²) in [4.78, 5) is 11.1. The smallest absolute Gasteiger partial charge is 0.396 e. The van der Waals surface area contributed by atoms with Gasteiger partial charge in [-0.15, -0.1) is 10.2 Å². The van der Waals surface area contributed by atoms with Gasteiger partial charge in [0.15, 0.2) is 0 Å². The lowest BCUT2D eigenvalue weighted by Crippen LogP contribution is -2.00. The van der Waals surface area contributed by atoms with E-state index in [9.17, 15) is 4.79 Å². The molecule has 2 aliphatic carbocycles. The molecule has 5 nitrogen and oxygen atoms in total. The minimum Gasteiger partial charge on any atom is -0.462 e. The second-order valence-corrected chi connectivity index (χ2v) is 4.36. The highest BCUT2D eigenvalue weighted by Crippen LogP contribution is 2.57. The van der Waals surface area contributed by atoms with E-state index in [-0.39, 0.29) is 5.89 Å². The average Bonchev–Trinajstić information content (AvgIpc) is 2.75. The quantitative estimate of drug-likeness (QED) is 0.687. The predicted octanol–water partition coefficient (Wildman–Crippen LogP) is 1.37. The summed E-state index contributed by atoms with van der Waals surface area (Å²) >= 11 is 0. The molecule has 0 amide bonds. The highest BCUT2D eigenvalue weighted by atomic mass is 16.5. The summed E-state index contributed by atoms with van der Waals surface area (Å²) in [5.74, 6) is 2.10. The van der Waals surface area contributed by atoms with Crippen LogP contribution in [0.5, 0.6) is 0 Å². The monoisotopic (exact) mass is 208 g/mol. The van der Waals surface area contributed by atoms with Crippen LogP contribution in [0.4, 0.5) is 0 Å². The van der Waals surface area contributed by atoms with Gasteiger partial charge in [0.25, 0.3) is 0 Å². The van der Waals surface area contributed by atoms with Crippen molar-refractivity contribution >= 4 is 5.97 Å². The van der Waals surface area contributed by atoms with Gasteiger partial charge in [-0.25, -0.2) is 4.79 Å². The highest BCUT2D eigenvalue weighted by molar-refractivity contribution is 5.83. The Labute approximate surface area is 86.8 Å². The number of esters is 1. The Hall–Kier alpha value is -1.39. The van der Waals surface area contributed by atoms with Crippen molar-refractivity contribution in [2.24, 2.45) is 11.8 Å². The molecule has 2 aliphatic rings. The number of carbonyl (C=O) groups excluding carboxylic acids is 1. The third-order valence-electron chi connectivity index (χ3n) is 3.39. The first-order valence-corrected chi connectivity index (χ1v) is 5.19. The predicted molar refractivity (Wildman–Crippen MR) is 49.2 cm³/mol. The van der Waals surface area contributed by atoms with Gasteiger partial charge in [0, 0.05) is 5.92 Å². The zero-order valence-electron chi connectivity index (χ0n) is 8.47. The second kappa shape index (κ2) is 3.05. The van der Waals surface area contributed by atoms with Crippen LogP contribution in [-0.2, 0) is 4.74 Å². The third kappa shape index (κ3) is 1.42. The van der Waals surface area contributed by atoms with E-state index < -0.39 is 5.97 Å². The number of rotatable bonds is 2. The van der Waals surface area contributed by atoms with Gasteiger partial charge in [0.1, 0.15) is 0 Å².